The van der Waals surface area contributed by atoms with Crippen LogP contribution < -0.4 is 4.74 Å². The summed E-state index contributed by atoms with van der Waals surface area (Å²) in [6.45, 7) is 2.05. The normalized spacial score (nSPS) is 10.8. The van der Waals surface area contributed by atoms with Crippen molar-refractivity contribution < 1.29 is 4.74 Å². The second-order valence-corrected chi connectivity index (χ2v) is 4.78. The Bertz CT molecular complexity index is 621. The fourth-order valence-corrected chi connectivity index (χ4v) is 1.89. The van der Waals surface area contributed by atoms with E-state index in [0.29, 0.717) is 0 Å². The molecule has 0 radical (unpaired) electrons. The number of methoxy groups -OCH3 is 1. The lowest BCUT2D eigenvalue weighted by molar-refractivity contribution is 0.416. The van der Waals surface area contributed by atoms with Crippen LogP contribution in [0.25, 0.3) is 11.3 Å². The van der Waals surface area contributed by atoms with Gasteiger partial charge in [0.25, 0.3) is 0 Å². The lowest BCUT2D eigenvalue weighted by Gasteiger charge is -2.11. The predicted molar refractivity (Wildman–Crippen MR) is 82.8 cm³/mol. The summed E-state index contributed by atoms with van der Waals surface area (Å²) in [5, 5.41) is 0. The van der Waals surface area contributed by atoms with Crippen molar-refractivity contribution in [1.29, 1.82) is 0 Å². The van der Waals surface area contributed by atoms with E-state index in [1.807, 2.05) is 43.3 Å². The Kier molecular flexibility index (Phi) is 4.35. The number of aliphatic imine (C=N–C) groups is 1. The molecule has 0 aliphatic carbocycles. The van der Waals surface area contributed by atoms with Gasteiger partial charge in [0.05, 0.1) is 24.8 Å². The molecule has 20 heavy (non-hydrogen) atoms. The summed E-state index contributed by atoms with van der Waals surface area (Å²) in [7, 11) is 5.54. The van der Waals surface area contributed by atoms with E-state index in [4.69, 9.17) is 4.74 Å². The Morgan fingerprint density at radius 2 is 2.05 bits per heavy atom. The van der Waals surface area contributed by atoms with Crippen molar-refractivity contribution >= 4 is 12.0 Å². The molecule has 0 aliphatic rings. The van der Waals surface area contributed by atoms with E-state index >= 15 is 0 Å². The highest BCUT2D eigenvalue weighted by Gasteiger charge is 2.11. The number of hydrogen-bond donors (Lipinski definition) is 0. The number of aromatic nitrogens is 1. The molecule has 4 heteroatoms. The van der Waals surface area contributed by atoms with Gasteiger partial charge in [-0.25, -0.2) is 4.99 Å². The van der Waals surface area contributed by atoms with Crippen LogP contribution in [0, 0.1) is 6.92 Å². The third-order valence-corrected chi connectivity index (χ3v) is 2.82. The zero-order valence-corrected chi connectivity index (χ0v) is 12.3. The average molecular weight is 269 g/mol. The summed E-state index contributed by atoms with van der Waals surface area (Å²) in [6, 6.07) is 9.88. The molecular formula is C16H19N3O. The van der Waals surface area contributed by atoms with E-state index in [0.717, 1.165) is 28.3 Å². The van der Waals surface area contributed by atoms with Gasteiger partial charge >= 0.3 is 0 Å². The molecule has 0 atom stereocenters. The zero-order chi connectivity index (χ0) is 14.5. The van der Waals surface area contributed by atoms with Gasteiger partial charge in [-0.1, -0.05) is 11.6 Å². The van der Waals surface area contributed by atoms with Crippen molar-refractivity contribution in [3.05, 3.63) is 42.1 Å². The van der Waals surface area contributed by atoms with Gasteiger partial charge in [0, 0.05) is 25.9 Å². The molecule has 2 aromatic rings. The van der Waals surface area contributed by atoms with Crippen LogP contribution in [0.2, 0.25) is 0 Å². The SMILES string of the molecule is COc1ccc(C)cc1-c1ncccc1/N=C/N(C)C. The highest BCUT2D eigenvalue weighted by Crippen LogP contribution is 2.35. The maximum atomic E-state index is 5.43. The molecular weight excluding hydrogens is 250 g/mol. The van der Waals surface area contributed by atoms with Crippen molar-refractivity contribution in [3.63, 3.8) is 0 Å². The molecule has 0 bridgehead atoms. The van der Waals surface area contributed by atoms with E-state index in [-0.39, 0.29) is 0 Å². The first-order valence-electron chi connectivity index (χ1n) is 6.42. The molecule has 4 nitrogen and oxygen atoms in total. The summed E-state index contributed by atoms with van der Waals surface area (Å²) < 4.78 is 5.43. The monoisotopic (exact) mass is 269 g/mol. The standard InChI is InChI=1S/C16H19N3O/c1-12-7-8-15(20-4)13(10-12)16-14(6-5-9-17-16)18-11-19(2)3/h5-11H,1-4H3/b18-11+. The Morgan fingerprint density at radius 3 is 2.75 bits per heavy atom. The predicted octanol–water partition coefficient (Wildman–Crippen LogP) is 3.29. The zero-order valence-electron chi connectivity index (χ0n) is 12.3. The fraction of sp³-hybridized carbons (Fsp3) is 0.250. The van der Waals surface area contributed by atoms with Crippen LogP contribution in [-0.4, -0.2) is 37.4 Å². The van der Waals surface area contributed by atoms with Crippen molar-refractivity contribution in [1.82, 2.24) is 9.88 Å². The molecule has 0 unspecified atom stereocenters. The van der Waals surface area contributed by atoms with E-state index < -0.39 is 0 Å². The number of ether oxygens (including phenoxy) is 1. The second kappa shape index (κ2) is 6.19. The first-order chi connectivity index (χ1) is 9.61. The van der Waals surface area contributed by atoms with Crippen LogP contribution in [-0.2, 0) is 0 Å². The summed E-state index contributed by atoms with van der Waals surface area (Å²) in [5.74, 6) is 0.801. The van der Waals surface area contributed by atoms with Crippen LogP contribution in [0.5, 0.6) is 5.75 Å². The summed E-state index contributed by atoms with van der Waals surface area (Å²) in [4.78, 5) is 10.8. The number of rotatable bonds is 4. The smallest absolute Gasteiger partial charge is 0.128 e. The molecule has 104 valence electrons. The number of benzene rings is 1. The second-order valence-electron chi connectivity index (χ2n) is 4.78. The van der Waals surface area contributed by atoms with Crippen molar-refractivity contribution in [2.24, 2.45) is 4.99 Å². The maximum absolute atomic E-state index is 5.43. The summed E-state index contributed by atoms with van der Waals surface area (Å²) in [6.07, 6.45) is 3.54. The van der Waals surface area contributed by atoms with Gasteiger partial charge in [-0.3, -0.25) is 4.98 Å². The van der Waals surface area contributed by atoms with Gasteiger partial charge in [0.15, 0.2) is 0 Å². The van der Waals surface area contributed by atoms with Crippen LogP contribution in [0.15, 0.2) is 41.5 Å². The van der Waals surface area contributed by atoms with Gasteiger partial charge in [-0.05, 0) is 31.2 Å². The van der Waals surface area contributed by atoms with Gasteiger partial charge in [-0.2, -0.15) is 0 Å². The lowest BCUT2D eigenvalue weighted by atomic mass is 10.1. The van der Waals surface area contributed by atoms with Crippen molar-refractivity contribution in [2.45, 2.75) is 6.92 Å². The fourth-order valence-electron chi connectivity index (χ4n) is 1.89. The van der Waals surface area contributed by atoms with E-state index in [1.54, 1.807) is 19.6 Å². The van der Waals surface area contributed by atoms with Crippen molar-refractivity contribution in [2.75, 3.05) is 21.2 Å². The number of nitrogens with zero attached hydrogens (tertiary/aromatic N) is 3. The molecule has 0 N–H and O–H groups in total. The average Bonchev–Trinajstić information content (AvgIpc) is 2.45. The number of aryl methyl sites for hydroxylation is 1. The topological polar surface area (TPSA) is 37.7 Å². The minimum atomic E-state index is 0.801. The van der Waals surface area contributed by atoms with Gasteiger partial charge in [-0.15, -0.1) is 0 Å². The minimum Gasteiger partial charge on any atom is -0.496 e. The van der Waals surface area contributed by atoms with Crippen LogP contribution >= 0.6 is 0 Å². The maximum Gasteiger partial charge on any atom is 0.128 e. The van der Waals surface area contributed by atoms with E-state index in [9.17, 15) is 0 Å². The minimum absolute atomic E-state index is 0.801. The third-order valence-electron chi connectivity index (χ3n) is 2.82. The first kappa shape index (κ1) is 14.1. The third kappa shape index (κ3) is 3.15. The molecule has 0 saturated carbocycles. The number of hydrogen-bond acceptors (Lipinski definition) is 3. The quantitative estimate of drug-likeness (QED) is 0.631. The highest BCUT2D eigenvalue weighted by atomic mass is 16.5. The Morgan fingerprint density at radius 1 is 1.25 bits per heavy atom. The van der Waals surface area contributed by atoms with Crippen LogP contribution in [0.1, 0.15) is 5.56 Å². The molecule has 1 aromatic heterocycles. The molecule has 0 fully saturated rings. The molecule has 1 heterocycles. The van der Waals surface area contributed by atoms with Crippen LogP contribution in [0.3, 0.4) is 0 Å². The molecule has 0 amide bonds. The van der Waals surface area contributed by atoms with E-state index in [1.165, 1.54) is 0 Å². The first-order valence-corrected chi connectivity index (χ1v) is 6.42. The van der Waals surface area contributed by atoms with Crippen molar-refractivity contribution in [3.8, 4) is 17.0 Å². The van der Waals surface area contributed by atoms with Gasteiger partial charge in [0.1, 0.15) is 5.75 Å². The Balaban J connectivity index is 2.55. The molecule has 1 aromatic carbocycles. The van der Waals surface area contributed by atoms with E-state index in [2.05, 4.69) is 23.0 Å². The number of pyridine rings is 1. The summed E-state index contributed by atoms with van der Waals surface area (Å²) in [5.41, 5.74) is 3.77. The highest BCUT2D eigenvalue weighted by molar-refractivity contribution is 5.79. The summed E-state index contributed by atoms with van der Waals surface area (Å²) >= 11 is 0. The lowest BCUT2D eigenvalue weighted by Crippen LogP contribution is -2.07. The Hall–Kier alpha value is -2.36. The van der Waals surface area contributed by atoms with Crippen LogP contribution in [0.4, 0.5) is 5.69 Å². The Labute approximate surface area is 119 Å². The molecule has 0 aliphatic heterocycles. The largest absolute Gasteiger partial charge is 0.496 e. The van der Waals surface area contributed by atoms with Gasteiger partial charge in [0.2, 0.25) is 0 Å². The van der Waals surface area contributed by atoms with Gasteiger partial charge < -0.3 is 9.64 Å². The molecule has 0 spiro atoms. The molecule has 0 saturated heterocycles. The molecule has 2 rings (SSSR count).